The topological polar surface area (TPSA) is 51.8 Å². The Bertz CT molecular complexity index is 643. The molecule has 2 aliphatic heterocycles. The fourth-order valence-electron chi connectivity index (χ4n) is 3.67. The number of fused-ring (bicyclic) bond motifs is 1. The van der Waals surface area contributed by atoms with E-state index >= 15 is 0 Å². The van der Waals surface area contributed by atoms with Crippen molar-refractivity contribution in [3.8, 4) is 0 Å². The third kappa shape index (κ3) is 2.67. The molecule has 1 unspecified atom stereocenters. The Labute approximate surface area is 131 Å². The van der Waals surface area contributed by atoms with E-state index in [4.69, 9.17) is 0 Å². The summed E-state index contributed by atoms with van der Waals surface area (Å²) in [6.45, 7) is 6.29. The zero-order valence-electron chi connectivity index (χ0n) is 13.3. The molecule has 1 fully saturated rings. The smallest absolute Gasteiger partial charge is 0.147 e. The van der Waals surface area contributed by atoms with Crippen molar-refractivity contribution in [2.75, 3.05) is 13.1 Å². The van der Waals surface area contributed by atoms with E-state index in [-0.39, 0.29) is 0 Å². The zero-order chi connectivity index (χ0) is 14.9. The second-order valence-corrected chi connectivity index (χ2v) is 6.67. The molecule has 4 heterocycles. The van der Waals surface area contributed by atoms with Crippen molar-refractivity contribution >= 4 is 0 Å². The molecule has 0 bridgehead atoms. The quantitative estimate of drug-likeness (QED) is 0.869. The van der Waals surface area contributed by atoms with Crippen molar-refractivity contribution in [2.45, 2.75) is 58.2 Å². The molecule has 0 aliphatic carbocycles. The van der Waals surface area contributed by atoms with Crippen LogP contribution in [-0.2, 0) is 19.5 Å². The predicted molar refractivity (Wildman–Crippen MR) is 83.5 cm³/mol. The van der Waals surface area contributed by atoms with E-state index < -0.39 is 0 Å². The van der Waals surface area contributed by atoms with Gasteiger partial charge in [-0.1, -0.05) is 6.42 Å². The normalized spacial score (nSPS) is 22.7. The predicted octanol–water partition coefficient (Wildman–Crippen LogP) is 1.96. The average molecular weight is 300 g/mol. The minimum absolute atomic E-state index is 0.500. The average Bonchev–Trinajstić information content (AvgIpc) is 3.18. The lowest BCUT2D eigenvalue weighted by atomic mass is 10.2. The SMILES string of the molecule is Cc1cnn(C2CCN(Cc3nnc4n3CCCCC4)C2)c1. The summed E-state index contributed by atoms with van der Waals surface area (Å²) >= 11 is 0. The van der Waals surface area contributed by atoms with Crippen molar-refractivity contribution < 1.29 is 0 Å². The molecule has 2 aromatic heterocycles. The van der Waals surface area contributed by atoms with Gasteiger partial charge in [0.25, 0.3) is 0 Å². The Balaban J connectivity index is 1.43. The first-order valence-electron chi connectivity index (χ1n) is 8.43. The monoisotopic (exact) mass is 300 g/mol. The summed E-state index contributed by atoms with van der Waals surface area (Å²) in [7, 11) is 0. The molecule has 2 aliphatic rings. The van der Waals surface area contributed by atoms with Gasteiger partial charge in [0.2, 0.25) is 0 Å². The Morgan fingerprint density at radius 3 is 3.00 bits per heavy atom. The lowest BCUT2D eigenvalue weighted by molar-refractivity contribution is 0.298. The van der Waals surface area contributed by atoms with Gasteiger partial charge < -0.3 is 4.57 Å². The first-order valence-corrected chi connectivity index (χ1v) is 8.43. The van der Waals surface area contributed by atoms with Crippen molar-refractivity contribution in [3.63, 3.8) is 0 Å². The van der Waals surface area contributed by atoms with Crippen molar-refractivity contribution in [2.24, 2.45) is 0 Å². The summed E-state index contributed by atoms with van der Waals surface area (Å²) in [6, 6.07) is 0.500. The van der Waals surface area contributed by atoms with Crippen molar-refractivity contribution in [1.82, 2.24) is 29.4 Å². The van der Waals surface area contributed by atoms with Crippen LogP contribution in [0.1, 0.15) is 48.9 Å². The molecular formula is C16H24N6. The highest BCUT2D eigenvalue weighted by Gasteiger charge is 2.26. The first kappa shape index (κ1) is 13.9. The summed E-state index contributed by atoms with van der Waals surface area (Å²) in [6.07, 6.45) is 10.2. The maximum Gasteiger partial charge on any atom is 0.147 e. The second-order valence-electron chi connectivity index (χ2n) is 6.67. The molecule has 118 valence electrons. The van der Waals surface area contributed by atoms with Crippen LogP contribution >= 0.6 is 0 Å². The Morgan fingerprint density at radius 1 is 1.18 bits per heavy atom. The third-order valence-corrected chi connectivity index (χ3v) is 4.90. The number of aryl methyl sites for hydroxylation is 2. The lowest BCUT2D eigenvalue weighted by Gasteiger charge is -2.16. The number of hydrogen-bond donors (Lipinski definition) is 0. The highest BCUT2D eigenvalue weighted by molar-refractivity contribution is 5.02. The molecule has 0 saturated carbocycles. The highest BCUT2D eigenvalue weighted by atomic mass is 15.3. The number of nitrogens with zero attached hydrogens (tertiary/aromatic N) is 6. The van der Waals surface area contributed by atoms with Crippen LogP contribution < -0.4 is 0 Å². The standard InChI is InChI=1S/C16H24N6/c1-13-9-17-22(10-13)14-6-8-20(11-14)12-16-19-18-15-5-3-2-4-7-21(15)16/h9-10,14H,2-8,11-12H2,1H3. The summed E-state index contributed by atoms with van der Waals surface area (Å²) in [4.78, 5) is 2.49. The van der Waals surface area contributed by atoms with Crippen molar-refractivity contribution in [3.05, 3.63) is 29.6 Å². The molecule has 4 rings (SSSR count). The van der Waals surface area contributed by atoms with Crippen LogP contribution in [0.3, 0.4) is 0 Å². The molecule has 1 saturated heterocycles. The van der Waals surface area contributed by atoms with Gasteiger partial charge in [0.1, 0.15) is 11.6 Å². The minimum atomic E-state index is 0.500. The van der Waals surface area contributed by atoms with Crippen LogP contribution in [-0.4, -0.2) is 42.5 Å². The number of rotatable bonds is 3. The fourth-order valence-corrected chi connectivity index (χ4v) is 3.67. The van der Waals surface area contributed by atoms with E-state index in [9.17, 15) is 0 Å². The molecule has 0 aromatic carbocycles. The van der Waals surface area contributed by atoms with Crippen LogP contribution in [0, 0.1) is 6.92 Å². The fraction of sp³-hybridized carbons (Fsp3) is 0.688. The maximum atomic E-state index is 4.47. The molecule has 2 aromatic rings. The molecule has 6 heteroatoms. The molecule has 22 heavy (non-hydrogen) atoms. The summed E-state index contributed by atoms with van der Waals surface area (Å²) in [5.74, 6) is 2.33. The molecule has 0 amide bonds. The van der Waals surface area contributed by atoms with Gasteiger partial charge in [0.05, 0.1) is 18.8 Å². The highest BCUT2D eigenvalue weighted by Crippen LogP contribution is 2.23. The molecule has 1 atom stereocenters. The third-order valence-electron chi connectivity index (χ3n) is 4.90. The van der Waals surface area contributed by atoms with Crippen molar-refractivity contribution in [1.29, 1.82) is 0 Å². The van der Waals surface area contributed by atoms with E-state index in [0.717, 1.165) is 38.4 Å². The molecule has 0 N–H and O–H groups in total. The van der Waals surface area contributed by atoms with E-state index in [1.807, 2.05) is 6.20 Å². The molecule has 0 radical (unpaired) electrons. The van der Waals surface area contributed by atoms with Crippen LogP contribution in [0.15, 0.2) is 12.4 Å². The molecular weight excluding hydrogens is 276 g/mol. The Kier molecular flexibility index (Phi) is 3.70. The van der Waals surface area contributed by atoms with Gasteiger partial charge in [-0.2, -0.15) is 5.10 Å². The molecule has 0 spiro atoms. The van der Waals surface area contributed by atoms with E-state index in [1.165, 1.54) is 37.1 Å². The Morgan fingerprint density at radius 2 is 2.14 bits per heavy atom. The van der Waals surface area contributed by atoms with E-state index in [1.54, 1.807) is 0 Å². The van der Waals surface area contributed by atoms with Crippen LogP contribution in [0.2, 0.25) is 0 Å². The largest absolute Gasteiger partial charge is 0.314 e. The summed E-state index contributed by atoms with van der Waals surface area (Å²) < 4.78 is 4.48. The number of hydrogen-bond acceptors (Lipinski definition) is 4. The molecule has 6 nitrogen and oxygen atoms in total. The van der Waals surface area contributed by atoms with Gasteiger partial charge in [0, 0.05) is 32.3 Å². The second kappa shape index (κ2) is 5.83. The van der Waals surface area contributed by atoms with Gasteiger partial charge in [-0.3, -0.25) is 9.58 Å². The summed E-state index contributed by atoms with van der Waals surface area (Å²) in [5.41, 5.74) is 1.24. The van der Waals surface area contributed by atoms with Gasteiger partial charge in [0.15, 0.2) is 0 Å². The zero-order valence-corrected chi connectivity index (χ0v) is 13.3. The van der Waals surface area contributed by atoms with Crippen LogP contribution in [0.25, 0.3) is 0 Å². The first-order chi connectivity index (χ1) is 10.8. The van der Waals surface area contributed by atoms with Gasteiger partial charge >= 0.3 is 0 Å². The Hall–Kier alpha value is -1.69. The van der Waals surface area contributed by atoms with Crippen LogP contribution in [0.5, 0.6) is 0 Å². The number of aromatic nitrogens is 5. The number of likely N-dealkylation sites (tertiary alicyclic amines) is 1. The van der Waals surface area contributed by atoms with Crippen LogP contribution in [0.4, 0.5) is 0 Å². The van der Waals surface area contributed by atoms with E-state index in [2.05, 4.69) is 42.6 Å². The van der Waals surface area contributed by atoms with Gasteiger partial charge in [-0.05, 0) is 31.7 Å². The lowest BCUT2D eigenvalue weighted by Crippen LogP contribution is -2.23. The van der Waals surface area contributed by atoms with Gasteiger partial charge in [-0.25, -0.2) is 0 Å². The maximum absolute atomic E-state index is 4.47. The van der Waals surface area contributed by atoms with E-state index in [0.29, 0.717) is 6.04 Å². The summed E-state index contributed by atoms with van der Waals surface area (Å²) in [5, 5.41) is 13.3. The minimum Gasteiger partial charge on any atom is -0.314 e. The van der Waals surface area contributed by atoms with Gasteiger partial charge in [-0.15, -0.1) is 10.2 Å².